The molecule has 0 spiro atoms. The molecule has 0 saturated carbocycles. The van der Waals surface area contributed by atoms with Gasteiger partial charge in [-0.25, -0.2) is 4.39 Å². The predicted octanol–water partition coefficient (Wildman–Crippen LogP) is 3.66. The van der Waals surface area contributed by atoms with Crippen LogP contribution in [-0.4, -0.2) is 43.4 Å². The van der Waals surface area contributed by atoms with E-state index in [4.69, 9.17) is 23.2 Å². The molecule has 1 aliphatic heterocycles. The number of likely N-dealkylation sites (N-methyl/N-ethyl adjacent to an activating group) is 1. The molecule has 0 unspecified atom stereocenters. The molecule has 2 aromatic carbocycles. The van der Waals surface area contributed by atoms with Gasteiger partial charge in [-0.1, -0.05) is 41.4 Å². The molecule has 0 radical (unpaired) electrons. The van der Waals surface area contributed by atoms with E-state index in [1.54, 1.807) is 48.2 Å². The van der Waals surface area contributed by atoms with Crippen molar-refractivity contribution in [2.45, 2.75) is 18.5 Å². The number of hydrogen-bond donors (Lipinski definition) is 1. The number of benzene rings is 2. The Hall–Kier alpha value is -2.15. The van der Waals surface area contributed by atoms with Crippen LogP contribution in [0.5, 0.6) is 0 Å². The maximum Gasteiger partial charge on any atom is 0.249 e. The van der Waals surface area contributed by atoms with Crippen molar-refractivity contribution in [3.8, 4) is 0 Å². The third kappa shape index (κ3) is 3.99. The van der Waals surface area contributed by atoms with Crippen molar-refractivity contribution in [2.75, 3.05) is 25.5 Å². The zero-order valence-corrected chi connectivity index (χ0v) is 17.0. The number of hydrogen-bond acceptors (Lipinski definition) is 3. The second-order valence-corrected chi connectivity index (χ2v) is 7.61. The molecule has 3 rings (SSSR count). The zero-order chi connectivity index (χ0) is 20.4. The number of nitrogens with zero attached hydrogens (tertiary/aromatic N) is 2. The molecule has 0 aliphatic carbocycles. The summed E-state index contributed by atoms with van der Waals surface area (Å²) < 4.78 is 14.4. The first-order chi connectivity index (χ1) is 13.3. The third-order valence-electron chi connectivity index (χ3n) is 4.70. The van der Waals surface area contributed by atoms with Gasteiger partial charge in [0, 0.05) is 17.1 Å². The Morgan fingerprint density at radius 3 is 2.50 bits per heavy atom. The molecule has 5 nitrogen and oxygen atoms in total. The second-order valence-electron chi connectivity index (χ2n) is 6.79. The van der Waals surface area contributed by atoms with Gasteiger partial charge < -0.3 is 10.2 Å². The summed E-state index contributed by atoms with van der Waals surface area (Å²) in [6.45, 7) is 0.431. The summed E-state index contributed by atoms with van der Waals surface area (Å²) >= 11 is 12.3. The lowest BCUT2D eigenvalue weighted by atomic mass is 10.0. The molecule has 2 atom stereocenters. The van der Waals surface area contributed by atoms with Gasteiger partial charge >= 0.3 is 0 Å². The van der Waals surface area contributed by atoms with Crippen LogP contribution in [0.3, 0.4) is 0 Å². The molecule has 2 aromatic rings. The van der Waals surface area contributed by atoms with E-state index in [9.17, 15) is 14.0 Å². The Balaban J connectivity index is 1.80. The van der Waals surface area contributed by atoms with Gasteiger partial charge in [0.05, 0.1) is 10.7 Å². The van der Waals surface area contributed by atoms with Crippen LogP contribution < -0.4 is 10.2 Å². The fourth-order valence-electron chi connectivity index (χ4n) is 3.37. The van der Waals surface area contributed by atoms with Gasteiger partial charge in [0.15, 0.2) is 0 Å². The first-order valence-corrected chi connectivity index (χ1v) is 9.53. The highest BCUT2D eigenvalue weighted by Gasteiger charge is 2.37. The lowest BCUT2D eigenvalue weighted by molar-refractivity contribution is -0.129. The van der Waals surface area contributed by atoms with Crippen LogP contribution in [0, 0.1) is 5.82 Å². The van der Waals surface area contributed by atoms with Crippen LogP contribution >= 0.6 is 23.2 Å². The number of para-hydroxylation sites is 1. The van der Waals surface area contributed by atoms with Gasteiger partial charge in [-0.3, -0.25) is 14.5 Å². The average Bonchev–Trinajstić information content (AvgIpc) is 2.98. The molecule has 28 heavy (non-hydrogen) atoms. The quantitative estimate of drug-likeness (QED) is 0.798. The van der Waals surface area contributed by atoms with E-state index in [-0.39, 0.29) is 16.5 Å². The van der Waals surface area contributed by atoms with Gasteiger partial charge in [-0.2, -0.15) is 0 Å². The molecule has 0 bridgehead atoms. The third-order valence-corrected chi connectivity index (χ3v) is 5.35. The first kappa shape index (κ1) is 20.6. The molecule has 2 amide bonds. The molecular weight excluding hydrogens is 404 g/mol. The van der Waals surface area contributed by atoms with Crippen molar-refractivity contribution in [3.05, 3.63) is 63.9 Å². The van der Waals surface area contributed by atoms with E-state index in [1.165, 1.54) is 18.2 Å². The summed E-state index contributed by atoms with van der Waals surface area (Å²) in [6, 6.07) is 9.63. The Labute approximate surface area is 173 Å². The normalized spacial score (nSPS) is 17.9. The van der Waals surface area contributed by atoms with Crippen molar-refractivity contribution < 1.29 is 14.0 Å². The van der Waals surface area contributed by atoms with Crippen molar-refractivity contribution >= 4 is 40.7 Å². The van der Waals surface area contributed by atoms with E-state index in [0.717, 1.165) is 0 Å². The minimum absolute atomic E-state index is 0.0834. The van der Waals surface area contributed by atoms with Gasteiger partial charge in [-0.05, 0) is 44.8 Å². The SMILES string of the molecule is CN(C)[C@H](C(=O)N[C@H]1CCN(c2ccccc2Cl)C1=O)c1c(F)cccc1Cl. The molecule has 8 heteroatoms. The number of halogens is 3. The van der Waals surface area contributed by atoms with Crippen LogP contribution in [0.4, 0.5) is 10.1 Å². The fraction of sp³-hybridized carbons (Fsp3) is 0.300. The van der Waals surface area contributed by atoms with E-state index in [1.807, 2.05) is 0 Å². The number of nitrogens with one attached hydrogen (secondary N) is 1. The first-order valence-electron chi connectivity index (χ1n) is 8.78. The lowest BCUT2D eigenvalue weighted by Gasteiger charge is -2.26. The second kappa shape index (κ2) is 8.47. The maximum atomic E-state index is 14.4. The lowest BCUT2D eigenvalue weighted by Crippen LogP contribution is -2.46. The van der Waals surface area contributed by atoms with Crippen molar-refractivity contribution in [1.82, 2.24) is 10.2 Å². The maximum absolute atomic E-state index is 14.4. The summed E-state index contributed by atoms with van der Waals surface area (Å²) in [6.07, 6.45) is 0.431. The molecule has 0 aromatic heterocycles. The van der Waals surface area contributed by atoms with Crippen LogP contribution in [-0.2, 0) is 9.59 Å². The summed E-state index contributed by atoms with van der Waals surface area (Å²) in [5.41, 5.74) is 0.687. The monoisotopic (exact) mass is 423 g/mol. The Morgan fingerprint density at radius 1 is 1.18 bits per heavy atom. The number of carbonyl (C=O) groups excluding carboxylic acids is 2. The Morgan fingerprint density at radius 2 is 1.86 bits per heavy atom. The Bertz CT molecular complexity index is 887. The van der Waals surface area contributed by atoms with E-state index in [2.05, 4.69) is 5.32 Å². The molecule has 1 N–H and O–H groups in total. The highest BCUT2D eigenvalue weighted by atomic mass is 35.5. The molecule has 1 fully saturated rings. The van der Waals surface area contributed by atoms with Gasteiger partial charge in [0.25, 0.3) is 0 Å². The van der Waals surface area contributed by atoms with Crippen molar-refractivity contribution in [2.24, 2.45) is 0 Å². The smallest absolute Gasteiger partial charge is 0.249 e. The van der Waals surface area contributed by atoms with Crippen LogP contribution in [0.15, 0.2) is 42.5 Å². The topological polar surface area (TPSA) is 52.7 Å². The van der Waals surface area contributed by atoms with Crippen LogP contribution in [0.25, 0.3) is 0 Å². The summed E-state index contributed by atoms with van der Waals surface area (Å²) in [4.78, 5) is 28.8. The van der Waals surface area contributed by atoms with Crippen molar-refractivity contribution in [3.63, 3.8) is 0 Å². The summed E-state index contributed by atoms with van der Waals surface area (Å²) in [7, 11) is 3.30. The standard InChI is InChI=1S/C20H20Cl2FN3O2/c1-25(2)18(17-13(22)7-5-8-14(17)23)19(27)24-15-10-11-26(20(15)28)16-9-4-3-6-12(16)21/h3-9,15,18H,10-11H2,1-2H3,(H,24,27)/t15-,18-/m0/s1. The molecule has 148 valence electrons. The van der Waals surface area contributed by atoms with Crippen molar-refractivity contribution in [1.29, 1.82) is 0 Å². The van der Waals surface area contributed by atoms with Gasteiger partial charge in [0.1, 0.15) is 17.9 Å². The number of anilines is 1. The highest BCUT2D eigenvalue weighted by molar-refractivity contribution is 6.34. The number of carbonyl (C=O) groups is 2. The zero-order valence-electron chi connectivity index (χ0n) is 15.5. The average molecular weight is 424 g/mol. The highest BCUT2D eigenvalue weighted by Crippen LogP contribution is 2.31. The largest absolute Gasteiger partial charge is 0.343 e. The van der Waals surface area contributed by atoms with Crippen LogP contribution in [0.1, 0.15) is 18.0 Å². The molecule has 1 aliphatic rings. The van der Waals surface area contributed by atoms with Gasteiger partial charge in [0.2, 0.25) is 11.8 Å². The number of rotatable bonds is 5. The summed E-state index contributed by atoms with van der Waals surface area (Å²) in [5, 5.41) is 3.36. The van der Waals surface area contributed by atoms with Gasteiger partial charge in [-0.15, -0.1) is 0 Å². The van der Waals surface area contributed by atoms with Crippen LogP contribution in [0.2, 0.25) is 10.0 Å². The minimum atomic E-state index is -0.962. The predicted molar refractivity (Wildman–Crippen MR) is 108 cm³/mol. The molecule has 1 heterocycles. The minimum Gasteiger partial charge on any atom is -0.343 e. The van der Waals surface area contributed by atoms with E-state index < -0.39 is 23.8 Å². The fourth-order valence-corrected chi connectivity index (χ4v) is 3.87. The Kier molecular flexibility index (Phi) is 6.23. The van der Waals surface area contributed by atoms with E-state index in [0.29, 0.717) is 23.7 Å². The number of amides is 2. The van der Waals surface area contributed by atoms with E-state index >= 15 is 0 Å². The summed E-state index contributed by atoms with van der Waals surface area (Å²) in [5.74, 6) is -1.31. The molecular formula is C20H20Cl2FN3O2. The molecule has 1 saturated heterocycles.